The van der Waals surface area contributed by atoms with E-state index in [1.54, 1.807) is 20.8 Å². The highest BCUT2D eigenvalue weighted by atomic mass is 19.4. The summed E-state index contributed by atoms with van der Waals surface area (Å²) in [6.45, 7) is 11.6. The standard InChI is InChI=1S/C25H31F3N4O/c1-7-15(3)16-9-11-17(12-10-16)18(8-2)29-23(33)19-13-22-30-20(24(4,5)6)14-21(25(26,27)28)32(22)31-19/h9-15,18H,7-8H2,1-6H3,(H,29,33). The highest BCUT2D eigenvalue weighted by Crippen LogP contribution is 2.33. The summed E-state index contributed by atoms with van der Waals surface area (Å²) in [6.07, 6.45) is -2.97. The number of aromatic nitrogens is 3. The normalized spacial score (nSPS) is 14.3. The molecule has 33 heavy (non-hydrogen) atoms. The van der Waals surface area contributed by atoms with Gasteiger partial charge in [-0.1, -0.05) is 65.8 Å². The number of nitrogens with zero attached hydrogens (tertiary/aromatic N) is 3. The van der Waals surface area contributed by atoms with Crippen LogP contribution in [-0.4, -0.2) is 20.5 Å². The van der Waals surface area contributed by atoms with Gasteiger partial charge in [0.15, 0.2) is 11.3 Å². The number of alkyl halides is 3. The van der Waals surface area contributed by atoms with E-state index < -0.39 is 23.2 Å². The van der Waals surface area contributed by atoms with Crippen molar-refractivity contribution in [3.8, 4) is 0 Å². The van der Waals surface area contributed by atoms with Gasteiger partial charge in [-0.3, -0.25) is 4.79 Å². The summed E-state index contributed by atoms with van der Waals surface area (Å²) < 4.78 is 41.8. The Balaban J connectivity index is 1.93. The van der Waals surface area contributed by atoms with Crippen LogP contribution in [0.1, 0.15) is 99.3 Å². The van der Waals surface area contributed by atoms with Crippen LogP contribution in [0, 0.1) is 0 Å². The molecule has 2 aromatic heterocycles. The minimum atomic E-state index is -4.63. The second kappa shape index (κ2) is 9.15. The molecular weight excluding hydrogens is 429 g/mol. The minimum Gasteiger partial charge on any atom is -0.344 e. The Morgan fingerprint density at radius 2 is 1.64 bits per heavy atom. The molecule has 1 N–H and O–H groups in total. The summed E-state index contributed by atoms with van der Waals surface area (Å²) in [7, 11) is 0. The molecule has 1 aromatic carbocycles. The van der Waals surface area contributed by atoms with Crippen molar-refractivity contribution in [3.63, 3.8) is 0 Å². The number of halogens is 3. The van der Waals surface area contributed by atoms with E-state index in [4.69, 9.17) is 0 Å². The fraction of sp³-hybridized carbons (Fsp3) is 0.480. The third kappa shape index (κ3) is 5.37. The van der Waals surface area contributed by atoms with Gasteiger partial charge in [0.05, 0.1) is 11.7 Å². The Morgan fingerprint density at radius 1 is 1.03 bits per heavy atom. The van der Waals surface area contributed by atoms with Gasteiger partial charge in [-0.15, -0.1) is 0 Å². The number of hydrogen-bond donors (Lipinski definition) is 1. The largest absolute Gasteiger partial charge is 0.433 e. The van der Waals surface area contributed by atoms with Crippen LogP contribution in [0.4, 0.5) is 13.2 Å². The van der Waals surface area contributed by atoms with Crippen LogP contribution in [0.2, 0.25) is 0 Å². The van der Waals surface area contributed by atoms with E-state index in [9.17, 15) is 18.0 Å². The molecule has 0 bridgehead atoms. The molecule has 0 aliphatic rings. The topological polar surface area (TPSA) is 59.3 Å². The number of benzene rings is 1. The molecule has 2 atom stereocenters. The first-order valence-corrected chi connectivity index (χ1v) is 11.2. The van der Waals surface area contributed by atoms with Crippen LogP contribution in [-0.2, 0) is 11.6 Å². The SMILES string of the molecule is CCC(C)c1ccc(C(CC)NC(=O)c2cc3nc(C(C)(C)C)cc(C(F)(F)F)n3n2)cc1. The molecule has 0 fully saturated rings. The Hall–Kier alpha value is -2.90. The summed E-state index contributed by atoms with van der Waals surface area (Å²) in [5.74, 6) is -0.0937. The Labute approximate surface area is 192 Å². The molecule has 5 nitrogen and oxygen atoms in total. The second-order valence-electron chi connectivity index (χ2n) is 9.48. The summed E-state index contributed by atoms with van der Waals surface area (Å²) in [5.41, 5.74) is 0.781. The molecule has 2 heterocycles. The maximum Gasteiger partial charge on any atom is 0.433 e. The van der Waals surface area contributed by atoms with Crippen molar-refractivity contribution in [2.24, 2.45) is 0 Å². The molecule has 0 aliphatic carbocycles. The first kappa shape index (κ1) is 24.7. The molecular formula is C25H31F3N4O. The van der Waals surface area contributed by atoms with Gasteiger partial charge >= 0.3 is 6.18 Å². The first-order valence-electron chi connectivity index (χ1n) is 11.2. The Kier molecular flexibility index (Phi) is 6.86. The lowest BCUT2D eigenvalue weighted by Crippen LogP contribution is -2.28. The van der Waals surface area contributed by atoms with Gasteiger partial charge in [0.1, 0.15) is 5.69 Å². The number of hydrogen-bond acceptors (Lipinski definition) is 3. The fourth-order valence-electron chi connectivity index (χ4n) is 3.62. The third-order valence-corrected chi connectivity index (χ3v) is 5.95. The van der Waals surface area contributed by atoms with Gasteiger partial charge < -0.3 is 5.32 Å². The van der Waals surface area contributed by atoms with Crippen molar-refractivity contribution in [2.45, 2.75) is 77.9 Å². The van der Waals surface area contributed by atoms with Gasteiger partial charge in [-0.2, -0.15) is 18.3 Å². The minimum absolute atomic E-state index is 0.00847. The van der Waals surface area contributed by atoms with Crippen LogP contribution in [0.25, 0.3) is 5.65 Å². The van der Waals surface area contributed by atoms with Crippen molar-refractivity contribution in [1.29, 1.82) is 0 Å². The van der Waals surface area contributed by atoms with Crippen molar-refractivity contribution < 1.29 is 18.0 Å². The Bertz CT molecular complexity index is 1130. The number of carbonyl (C=O) groups excluding carboxylic acids is 1. The van der Waals surface area contributed by atoms with Gasteiger partial charge in [-0.05, 0) is 36.0 Å². The summed E-state index contributed by atoms with van der Waals surface area (Å²) >= 11 is 0. The number of carbonyl (C=O) groups is 1. The monoisotopic (exact) mass is 460 g/mol. The highest BCUT2D eigenvalue weighted by Gasteiger charge is 2.36. The van der Waals surface area contributed by atoms with E-state index in [0.717, 1.165) is 18.1 Å². The molecule has 3 rings (SSSR count). The van der Waals surface area contributed by atoms with E-state index in [1.165, 1.54) is 11.6 Å². The highest BCUT2D eigenvalue weighted by molar-refractivity contribution is 5.93. The van der Waals surface area contributed by atoms with Crippen LogP contribution in [0.15, 0.2) is 36.4 Å². The van der Waals surface area contributed by atoms with Crippen LogP contribution in [0.3, 0.4) is 0 Å². The quantitative estimate of drug-likeness (QED) is 0.460. The lowest BCUT2D eigenvalue weighted by atomic mass is 9.91. The first-order chi connectivity index (χ1) is 15.3. The maximum absolute atomic E-state index is 13.7. The predicted octanol–water partition coefficient (Wildman–Crippen LogP) is 6.44. The van der Waals surface area contributed by atoms with Crippen molar-refractivity contribution >= 4 is 11.6 Å². The Morgan fingerprint density at radius 3 is 2.15 bits per heavy atom. The van der Waals surface area contributed by atoms with Crippen molar-refractivity contribution in [3.05, 3.63) is 64.6 Å². The predicted molar refractivity (Wildman–Crippen MR) is 122 cm³/mol. The molecule has 0 saturated carbocycles. The molecule has 2 unspecified atom stereocenters. The molecule has 8 heteroatoms. The van der Waals surface area contributed by atoms with Crippen LogP contribution < -0.4 is 5.32 Å². The summed E-state index contributed by atoms with van der Waals surface area (Å²) in [6, 6.07) is 10.1. The van der Waals surface area contributed by atoms with Crippen molar-refractivity contribution in [1.82, 2.24) is 19.9 Å². The van der Waals surface area contributed by atoms with Crippen LogP contribution in [0.5, 0.6) is 0 Å². The second-order valence-corrected chi connectivity index (χ2v) is 9.48. The van der Waals surface area contributed by atoms with Gasteiger partial charge in [0, 0.05) is 11.5 Å². The lowest BCUT2D eigenvalue weighted by molar-refractivity contribution is -0.142. The van der Waals surface area contributed by atoms with E-state index in [0.29, 0.717) is 16.9 Å². The molecule has 3 aromatic rings. The zero-order chi connectivity index (χ0) is 24.6. The average molecular weight is 461 g/mol. The zero-order valence-electron chi connectivity index (χ0n) is 19.9. The lowest BCUT2D eigenvalue weighted by Gasteiger charge is -2.19. The molecule has 0 radical (unpaired) electrons. The summed E-state index contributed by atoms with van der Waals surface area (Å²) in [4.78, 5) is 17.3. The van der Waals surface area contributed by atoms with Gasteiger partial charge in [-0.25, -0.2) is 9.50 Å². The molecule has 178 valence electrons. The van der Waals surface area contributed by atoms with E-state index in [1.807, 2.05) is 19.1 Å². The molecule has 0 aliphatic heterocycles. The van der Waals surface area contributed by atoms with E-state index in [2.05, 4.69) is 41.4 Å². The molecule has 0 saturated heterocycles. The number of nitrogens with one attached hydrogen (secondary N) is 1. The fourth-order valence-corrected chi connectivity index (χ4v) is 3.62. The van der Waals surface area contributed by atoms with E-state index in [-0.39, 0.29) is 23.1 Å². The van der Waals surface area contributed by atoms with Crippen LogP contribution >= 0.6 is 0 Å². The zero-order valence-corrected chi connectivity index (χ0v) is 19.9. The maximum atomic E-state index is 13.7. The summed E-state index contributed by atoms with van der Waals surface area (Å²) in [5, 5.41) is 6.86. The van der Waals surface area contributed by atoms with E-state index >= 15 is 0 Å². The number of fused-ring (bicyclic) bond motifs is 1. The third-order valence-electron chi connectivity index (χ3n) is 5.95. The molecule has 1 amide bonds. The number of amides is 1. The van der Waals surface area contributed by atoms with Gasteiger partial charge in [0.25, 0.3) is 5.91 Å². The van der Waals surface area contributed by atoms with Crippen molar-refractivity contribution in [2.75, 3.05) is 0 Å². The molecule has 0 spiro atoms. The van der Waals surface area contributed by atoms with Gasteiger partial charge in [0.2, 0.25) is 0 Å². The average Bonchev–Trinajstić information content (AvgIpc) is 3.19. The number of rotatable bonds is 6. The smallest absolute Gasteiger partial charge is 0.344 e.